The second kappa shape index (κ2) is 8.17. The number of hydrogen-bond donors (Lipinski definition) is 3. The molecule has 144 valence electrons. The van der Waals surface area contributed by atoms with E-state index in [9.17, 15) is 4.79 Å². The molecule has 1 aliphatic rings. The molecule has 1 saturated heterocycles. The predicted octanol–water partition coefficient (Wildman–Crippen LogP) is 4.60. The average molecular weight is 392 g/mol. The summed E-state index contributed by atoms with van der Waals surface area (Å²) in [5.74, 6) is -0.0399. The smallest absolute Gasteiger partial charge is 0.252 e. The normalized spacial score (nSPS) is 14.9. The molecule has 3 N–H and O–H groups in total. The van der Waals surface area contributed by atoms with Crippen LogP contribution < -0.4 is 16.0 Å². The molecule has 1 atom stereocenters. The SMILES string of the molecule is Cc1ccc(NC2CNC2)cc1C(=O)NC(C)c1cccc(-c2cccs2)c1. The van der Waals surface area contributed by atoms with Crippen molar-refractivity contribution in [1.82, 2.24) is 10.6 Å². The van der Waals surface area contributed by atoms with E-state index in [0.29, 0.717) is 6.04 Å². The lowest BCUT2D eigenvalue weighted by molar-refractivity contribution is 0.0939. The molecule has 0 bridgehead atoms. The molecule has 4 rings (SSSR count). The van der Waals surface area contributed by atoms with Crippen molar-refractivity contribution in [3.63, 3.8) is 0 Å². The zero-order valence-corrected chi connectivity index (χ0v) is 17.0. The molecule has 3 aromatic rings. The number of carbonyl (C=O) groups is 1. The van der Waals surface area contributed by atoms with Crippen LogP contribution in [0.1, 0.15) is 34.5 Å². The molecule has 0 aliphatic carbocycles. The van der Waals surface area contributed by atoms with Gasteiger partial charge < -0.3 is 16.0 Å². The van der Waals surface area contributed by atoms with E-state index >= 15 is 0 Å². The van der Waals surface area contributed by atoms with Crippen molar-refractivity contribution in [1.29, 1.82) is 0 Å². The van der Waals surface area contributed by atoms with E-state index in [1.807, 2.05) is 32.0 Å². The van der Waals surface area contributed by atoms with E-state index in [0.717, 1.165) is 35.5 Å². The van der Waals surface area contributed by atoms with Gasteiger partial charge in [0.1, 0.15) is 0 Å². The van der Waals surface area contributed by atoms with Crippen molar-refractivity contribution >= 4 is 22.9 Å². The fourth-order valence-corrected chi connectivity index (χ4v) is 4.07. The van der Waals surface area contributed by atoms with Gasteiger partial charge in [0.05, 0.1) is 12.1 Å². The second-order valence-corrected chi connectivity index (χ2v) is 8.27. The van der Waals surface area contributed by atoms with E-state index in [1.54, 1.807) is 11.3 Å². The molecule has 0 spiro atoms. The minimum Gasteiger partial charge on any atom is -0.380 e. The summed E-state index contributed by atoms with van der Waals surface area (Å²) in [5.41, 5.74) is 4.99. The average Bonchev–Trinajstić information content (AvgIpc) is 3.20. The monoisotopic (exact) mass is 391 g/mol. The number of amides is 1. The maximum atomic E-state index is 12.9. The first kappa shape index (κ1) is 18.7. The molecule has 4 nitrogen and oxygen atoms in total. The first-order chi connectivity index (χ1) is 13.6. The molecular weight excluding hydrogens is 366 g/mol. The minimum atomic E-state index is -0.0701. The molecule has 1 amide bonds. The highest BCUT2D eigenvalue weighted by Gasteiger charge is 2.18. The lowest BCUT2D eigenvalue weighted by Gasteiger charge is -2.29. The summed E-state index contributed by atoms with van der Waals surface area (Å²) in [6, 6.07) is 18.9. The van der Waals surface area contributed by atoms with E-state index < -0.39 is 0 Å². The molecular formula is C23H25N3OS. The molecule has 0 saturated carbocycles. The number of hydrogen-bond acceptors (Lipinski definition) is 4. The third kappa shape index (κ3) is 4.11. The number of rotatable bonds is 6. The quantitative estimate of drug-likeness (QED) is 0.576. The van der Waals surface area contributed by atoms with Gasteiger partial charge in [-0.2, -0.15) is 0 Å². The number of aryl methyl sites for hydroxylation is 1. The topological polar surface area (TPSA) is 53.2 Å². The Morgan fingerprint density at radius 3 is 2.71 bits per heavy atom. The highest BCUT2D eigenvalue weighted by molar-refractivity contribution is 7.13. The first-order valence-electron chi connectivity index (χ1n) is 9.63. The number of anilines is 1. The molecule has 2 heterocycles. The summed E-state index contributed by atoms with van der Waals surface area (Å²) in [4.78, 5) is 14.2. The zero-order valence-electron chi connectivity index (χ0n) is 16.2. The van der Waals surface area contributed by atoms with Gasteiger partial charge in [-0.05, 0) is 60.2 Å². The van der Waals surface area contributed by atoms with Crippen molar-refractivity contribution < 1.29 is 4.79 Å². The van der Waals surface area contributed by atoms with Crippen molar-refractivity contribution in [2.24, 2.45) is 0 Å². The Labute approximate surface area is 170 Å². The fourth-order valence-electron chi connectivity index (χ4n) is 3.34. The van der Waals surface area contributed by atoms with Gasteiger partial charge in [-0.1, -0.05) is 30.3 Å². The maximum absolute atomic E-state index is 12.9. The Hall–Kier alpha value is -2.63. The fraction of sp³-hybridized carbons (Fsp3) is 0.261. The number of nitrogens with one attached hydrogen (secondary N) is 3. The third-order valence-corrected chi connectivity index (χ3v) is 6.09. The third-order valence-electron chi connectivity index (χ3n) is 5.17. The van der Waals surface area contributed by atoms with Crippen LogP contribution in [0.15, 0.2) is 60.0 Å². The van der Waals surface area contributed by atoms with Crippen LogP contribution >= 0.6 is 11.3 Å². The Morgan fingerprint density at radius 1 is 1.14 bits per heavy atom. The van der Waals surface area contributed by atoms with Crippen LogP contribution in [0.2, 0.25) is 0 Å². The number of benzene rings is 2. The predicted molar refractivity (Wildman–Crippen MR) is 117 cm³/mol. The zero-order chi connectivity index (χ0) is 19.5. The van der Waals surface area contributed by atoms with Crippen molar-refractivity contribution in [2.45, 2.75) is 25.9 Å². The molecule has 28 heavy (non-hydrogen) atoms. The van der Waals surface area contributed by atoms with Gasteiger partial charge in [-0.25, -0.2) is 0 Å². The Kier molecular flexibility index (Phi) is 5.46. The Bertz CT molecular complexity index is 964. The largest absolute Gasteiger partial charge is 0.380 e. The van der Waals surface area contributed by atoms with E-state index in [2.05, 4.69) is 57.7 Å². The molecule has 5 heteroatoms. The van der Waals surface area contributed by atoms with Crippen molar-refractivity contribution in [2.75, 3.05) is 18.4 Å². The van der Waals surface area contributed by atoms with Crippen LogP contribution in [-0.2, 0) is 0 Å². The maximum Gasteiger partial charge on any atom is 0.252 e. The Morgan fingerprint density at radius 2 is 2.00 bits per heavy atom. The summed E-state index contributed by atoms with van der Waals surface area (Å²) in [5, 5.41) is 12.0. The molecule has 0 radical (unpaired) electrons. The summed E-state index contributed by atoms with van der Waals surface area (Å²) >= 11 is 1.72. The minimum absolute atomic E-state index is 0.0399. The van der Waals surface area contributed by atoms with Gasteiger partial charge in [0.15, 0.2) is 0 Å². The number of thiophene rings is 1. The van der Waals surface area contributed by atoms with Crippen LogP contribution in [0.4, 0.5) is 5.69 Å². The van der Waals surface area contributed by atoms with Crippen LogP contribution in [-0.4, -0.2) is 25.0 Å². The van der Waals surface area contributed by atoms with E-state index in [-0.39, 0.29) is 11.9 Å². The lowest BCUT2D eigenvalue weighted by Crippen LogP contribution is -2.51. The van der Waals surface area contributed by atoms with E-state index in [4.69, 9.17) is 0 Å². The summed E-state index contributed by atoms with van der Waals surface area (Å²) in [6.45, 7) is 5.94. The van der Waals surface area contributed by atoms with Gasteiger partial charge in [-0.15, -0.1) is 11.3 Å². The van der Waals surface area contributed by atoms with Crippen LogP contribution in [0.3, 0.4) is 0 Å². The highest BCUT2D eigenvalue weighted by atomic mass is 32.1. The first-order valence-corrected chi connectivity index (χ1v) is 10.5. The summed E-state index contributed by atoms with van der Waals surface area (Å²) in [6.07, 6.45) is 0. The van der Waals surface area contributed by atoms with Crippen LogP contribution in [0, 0.1) is 6.92 Å². The van der Waals surface area contributed by atoms with Gasteiger partial charge in [0.2, 0.25) is 0 Å². The van der Waals surface area contributed by atoms with Gasteiger partial charge in [0, 0.05) is 29.2 Å². The molecule has 1 aliphatic heterocycles. The van der Waals surface area contributed by atoms with Gasteiger partial charge >= 0.3 is 0 Å². The molecule has 1 aromatic heterocycles. The highest BCUT2D eigenvalue weighted by Crippen LogP contribution is 2.27. The summed E-state index contributed by atoms with van der Waals surface area (Å²) in [7, 11) is 0. The van der Waals surface area contributed by atoms with Crippen molar-refractivity contribution in [3.05, 3.63) is 76.7 Å². The van der Waals surface area contributed by atoms with E-state index in [1.165, 1.54) is 10.4 Å². The molecule has 1 unspecified atom stereocenters. The van der Waals surface area contributed by atoms with Gasteiger partial charge in [-0.3, -0.25) is 4.79 Å². The van der Waals surface area contributed by atoms with Crippen molar-refractivity contribution in [3.8, 4) is 10.4 Å². The standard InChI is InChI=1S/C23H25N3OS/c1-15-8-9-19(26-20-13-24-14-20)12-21(15)23(27)25-16(2)17-5-3-6-18(11-17)22-7-4-10-28-22/h3-12,16,20,24,26H,13-14H2,1-2H3,(H,25,27). The molecule has 1 fully saturated rings. The Balaban J connectivity index is 1.48. The number of carbonyl (C=O) groups excluding carboxylic acids is 1. The summed E-state index contributed by atoms with van der Waals surface area (Å²) < 4.78 is 0. The van der Waals surface area contributed by atoms with Crippen LogP contribution in [0.5, 0.6) is 0 Å². The molecule has 2 aromatic carbocycles. The van der Waals surface area contributed by atoms with Crippen LogP contribution in [0.25, 0.3) is 10.4 Å². The lowest BCUT2D eigenvalue weighted by atomic mass is 10.0. The van der Waals surface area contributed by atoms with Gasteiger partial charge in [0.25, 0.3) is 5.91 Å². The second-order valence-electron chi connectivity index (χ2n) is 7.33.